The number of hydrogen-bond acceptors (Lipinski definition) is 1. The lowest BCUT2D eigenvalue weighted by molar-refractivity contribution is 0.620. The Hall–Kier alpha value is -0.210. The zero-order valence-electron chi connectivity index (χ0n) is 9.31. The summed E-state index contributed by atoms with van der Waals surface area (Å²) in [7, 11) is 0. The van der Waals surface area contributed by atoms with Gasteiger partial charge in [0.05, 0.1) is 5.02 Å². The van der Waals surface area contributed by atoms with Gasteiger partial charge in [-0.2, -0.15) is 0 Å². The molecule has 0 saturated heterocycles. The number of anilines is 1. The van der Waals surface area contributed by atoms with E-state index in [1.165, 1.54) is 38.5 Å². The fraction of sp³-hybridized carbons (Fsp3) is 0.538. The second-order valence-corrected chi connectivity index (χ2v) is 5.72. The minimum absolute atomic E-state index is 0.625. The van der Waals surface area contributed by atoms with E-state index in [0.717, 1.165) is 15.2 Å². The fourth-order valence-electron chi connectivity index (χ4n) is 2.25. The highest BCUT2D eigenvalue weighted by atomic mass is 79.9. The Bertz CT molecular complexity index is 346. The average Bonchev–Trinajstić information content (AvgIpc) is 2.52. The molecule has 1 aliphatic carbocycles. The Morgan fingerprint density at radius 3 is 2.44 bits per heavy atom. The maximum Gasteiger partial charge on any atom is 0.0568 e. The van der Waals surface area contributed by atoms with Crippen molar-refractivity contribution in [2.45, 2.75) is 44.6 Å². The van der Waals surface area contributed by atoms with Gasteiger partial charge >= 0.3 is 0 Å². The largest absolute Gasteiger partial charge is 0.382 e. The van der Waals surface area contributed by atoms with Gasteiger partial charge in [0, 0.05) is 16.2 Å². The van der Waals surface area contributed by atoms with Crippen LogP contribution in [0.3, 0.4) is 0 Å². The Balaban J connectivity index is 1.99. The van der Waals surface area contributed by atoms with Crippen LogP contribution in [0.1, 0.15) is 38.5 Å². The first-order valence-electron chi connectivity index (χ1n) is 5.97. The molecule has 0 spiro atoms. The Morgan fingerprint density at radius 1 is 1.12 bits per heavy atom. The van der Waals surface area contributed by atoms with Gasteiger partial charge < -0.3 is 5.32 Å². The molecular weight excluding hydrogens is 286 g/mol. The van der Waals surface area contributed by atoms with Crippen LogP contribution in [0.2, 0.25) is 5.02 Å². The predicted molar refractivity (Wildman–Crippen MR) is 74.3 cm³/mol. The normalized spacial score (nSPS) is 18.1. The minimum Gasteiger partial charge on any atom is -0.382 e. The molecule has 0 amide bonds. The highest BCUT2D eigenvalue weighted by Crippen LogP contribution is 2.27. The quantitative estimate of drug-likeness (QED) is 0.737. The zero-order chi connectivity index (χ0) is 11.4. The predicted octanol–water partition coefficient (Wildman–Crippen LogP) is 5.24. The van der Waals surface area contributed by atoms with Gasteiger partial charge in [0.25, 0.3) is 0 Å². The van der Waals surface area contributed by atoms with Crippen LogP contribution in [0.4, 0.5) is 5.69 Å². The Morgan fingerprint density at radius 2 is 1.81 bits per heavy atom. The third-order valence-electron chi connectivity index (χ3n) is 3.15. The smallest absolute Gasteiger partial charge is 0.0568 e. The van der Waals surface area contributed by atoms with Crippen LogP contribution in [0.15, 0.2) is 22.7 Å². The Labute approximate surface area is 111 Å². The van der Waals surface area contributed by atoms with Crippen LogP contribution in [-0.4, -0.2) is 6.04 Å². The van der Waals surface area contributed by atoms with Gasteiger partial charge in [-0.25, -0.2) is 0 Å². The summed E-state index contributed by atoms with van der Waals surface area (Å²) in [5.74, 6) is 0. The number of halogens is 2. The third kappa shape index (κ3) is 3.39. The minimum atomic E-state index is 0.625. The third-order valence-corrected chi connectivity index (χ3v) is 4.38. The molecule has 0 bridgehead atoms. The molecule has 16 heavy (non-hydrogen) atoms. The van der Waals surface area contributed by atoms with Crippen molar-refractivity contribution in [3.63, 3.8) is 0 Å². The van der Waals surface area contributed by atoms with Crippen LogP contribution in [0.5, 0.6) is 0 Å². The summed E-state index contributed by atoms with van der Waals surface area (Å²) < 4.78 is 0.959. The monoisotopic (exact) mass is 301 g/mol. The molecule has 1 aromatic rings. The number of benzene rings is 1. The van der Waals surface area contributed by atoms with Crippen LogP contribution in [0, 0.1) is 0 Å². The average molecular weight is 303 g/mol. The summed E-state index contributed by atoms with van der Waals surface area (Å²) in [6.45, 7) is 0. The highest BCUT2D eigenvalue weighted by molar-refractivity contribution is 9.10. The first kappa shape index (κ1) is 12.3. The van der Waals surface area contributed by atoms with Crippen LogP contribution in [-0.2, 0) is 0 Å². The molecule has 1 nitrogen and oxygen atoms in total. The maximum atomic E-state index is 6.08. The first-order valence-corrected chi connectivity index (χ1v) is 7.14. The van der Waals surface area contributed by atoms with E-state index < -0.39 is 0 Å². The molecule has 1 aromatic carbocycles. The van der Waals surface area contributed by atoms with E-state index in [2.05, 4.69) is 27.3 Å². The lowest BCUT2D eigenvalue weighted by Gasteiger charge is -2.17. The highest BCUT2D eigenvalue weighted by Gasteiger charge is 2.12. The topological polar surface area (TPSA) is 12.0 Å². The molecule has 0 unspecified atom stereocenters. The molecule has 0 heterocycles. The SMILES string of the molecule is Clc1cc(NC2CCCCCC2)ccc1Br. The fourth-order valence-corrected chi connectivity index (χ4v) is 2.67. The number of hydrogen-bond donors (Lipinski definition) is 1. The summed E-state index contributed by atoms with van der Waals surface area (Å²) in [4.78, 5) is 0. The summed E-state index contributed by atoms with van der Waals surface area (Å²) in [5, 5.41) is 4.36. The molecule has 0 aromatic heterocycles. The molecule has 0 atom stereocenters. The number of nitrogens with one attached hydrogen (secondary N) is 1. The van der Waals surface area contributed by atoms with Crippen molar-refractivity contribution in [1.82, 2.24) is 0 Å². The van der Waals surface area contributed by atoms with Crippen molar-refractivity contribution >= 4 is 33.2 Å². The lowest BCUT2D eigenvalue weighted by atomic mass is 10.1. The summed E-state index contributed by atoms with van der Waals surface area (Å²) in [5.41, 5.74) is 1.14. The standard InChI is InChI=1S/C13H17BrClN/c14-12-8-7-11(9-13(12)15)16-10-5-3-1-2-4-6-10/h7-10,16H,1-6H2. The summed E-state index contributed by atoms with van der Waals surface area (Å²) in [6.07, 6.45) is 8.05. The van der Waals surface area contributed by atoms with Gasteiger partial charge in [-0.1, -0.05) is 37.3 Å². The van der Waals surface area contributed by atoms with E-state index in [1.807, 2.05) is 12.1 Å². The number of rotatable bonds is 2. The second kappa shape index (κ2) is 5.92. The van der Waals surface area contributed by atoms with Gasteiger partial charge in [0.1, 0.15) is 0 Å². The lowest BCUT2D eigenvalue weighted by Crippen LogP contribution is -2.18. The molecule has 1 saturated carbocycles. The molecular formula is C13H17BrClN. The van der Waals surface area contributed by atoms with Crippen molar-refractivity contribution in [2.24, 2.45) is 0 Å². The molecule has 88 valence electrons. The molecule has 0 aliphatic heterocycles. The Kier molecular flexibility index (Phi) is 4.54. The van der Waals surface area contributed by atoms with Gasteiger partial charge in [-0.15, -0.1) is 0 Å². The van der Waals surface area contributed by atoms with Crippen LogP contribution < -0.4 is 5.32 Å². The van der Waals surface area contributed by atoms with E-state index in [9.17, 15) is 0 Å². The molecule has 2 rings (SSSR count). The van der Waals surface area contributed by atoms with Crippen molar-refractivity contribution in [1.29, 1.82) is 0 Å². The van der Waals surface area contributed by atoms with Crippen molar-refractivity contribution < 1.29 is 0 Å². The van der Waals surface area contributed by atoms with E-state index in [1.54, 1.807) is 0 Å². The van der Waals surface area contributed by atoms with Crippen molar-refractivity contribution in [3.05, 3.63) is 27.7 Å². The molecule has 0 radical (unpaired) electrons. The van der Waals surface area contributed by atoms with Crippen LogP contribution >= 0.6 is 27.5 Å². The first-order chi connectivity index (χ1) is 7.75. The van der Waals surface area contributed by atoms with Crippen LogP contribution in [0.25, 0.3) is 0 Å². The van der Waals surface area contributed by atoms with E-state index in [0.29, 0.717) is 6.04 Å². The van der Waals surface area contributed by atoms with E-state index >= 15 is 0 Å². The van der Waals surface area contributed by atoms with Gasteiger partial charge in [0.15, 0.2) is 0 Å². The van der Waals surface area contributed by atoms with Crippen molar-refractivity contribution in [3.8, 4) is 0 Å². The molecule has 3 heteroatoms. The maximum absolute atomic E-state index is 6.08. The summed E-state index contributed by atoms with van der Waals surface area (Å²) >= 11 is 9.48. The van der Waals surface area contributed by atoms with E-state index in [-0.39, 0.29) is 0 Å². The van der Waals surface area contributed by atoms with Gasteiger partial charge in [-0.05, 0) is 47.0 Å². The van der Waals surface area contributed by atoms with E-state index in [4.69, 9.17) is 11.6 Å². The van der Waals surface area contributed by atoms with Gasteiger partial charge in [-0.3, -0.25) is 0 Å². The summed E-state index contributed by atoms with van der Waals surface area (Å²) in [6, 6.07) is 6.71. The second-order valence-electron chi connectivity index (χ2n) is 4.46. The zero-order valence-corrected chi connectivity index (χ0v) is 11.6. The molecule has 1 aliphatic rings. The molecule has 1 N–H and O–H groups in total. The van der Waals surface area contributed by atoms with Crippen molar-refractivity contribution in [2.75, 3.05) is 5.32 Å². The molecule has 1 fully saturated rings. The van der Waals surface area contributed by atoms with Gasteiger partial charge in [0.2, 0.25) is 0 Å².